The molecule has 4 heterocycles. The fraction of sp³-hybridized carbons (Fsp3) is 0.875. The van der Waals surface area contributed by atoms with Crippen LogP contribution in [-0.4, -0.2) is 95.3 Å². The van der Waals surface area contributed by atoms with Crippen molar-refractivity contribution in [3.8, 4) is 0 Å². The van der Waals surface area contributed by atoms with Gasteiger partial charge in [0.1, 0.15) is 0 Å². The summed E-state index contributed by atoms with van der Waals surface area (Å²) in [6, 6.07) is -0.179. The molecule has 1 unspecified atom stereocenters. The lowest BCUT2D eigenvalue weighted by atomic mass is 10.4. The van der Waals surface area contributed by atoms with Crippen molar-refractivity contribution in [2.45, 2.75) is 65.2 Å². The summed E-state index contributed by atoms with van der Waals surface area (Å²) in [6.07, 6.45) is -3.40. The van der Waals surface area contributed by atoms with Crippen molar-refractivity contribution in [1.82, 2.24) is 19.6 Å². The molecule has 0 N–H and O–H groups in total. The van der Waals surface area contributed by atoms with Crippen molar-refractivity contribution < 1.29 is 28.5 Å². The molecule has 0 saturated carbocycles. The van der Waals surface area contributed by atoms with Gasteiger partial charge in [0.15, 0.2) is 24.9 Å². The van der Waals surface area contributed by atoms with E-state index >= 15 is 0 Å². The van der Waals surface area contributed by atoms with Gasteiger partial charge < -0.3 is 18.9 Å². The molecule has 0 aromatic carbocycles. The molecule has 0 aromatic rings. The van der Waals surface area contributed by atoms with Gasteiger partial charge in [-0.05, 0) is 27.7 Å². The summed E-state index contributed by atoms with van der Waals surface area (Å²) < 4.78 is 23.9. The third-order valence-corrected chi connectivity index (χ3v) is 5.38. The van der Waals surface area contributed by atoms with Crippen molar-refractivity contribution in [3.05, 3.63) is 0 Å². The van der Waals surface area contributed by atoms with Crippen LogP contribution in [0.3, 0.4) is 0 Å². The molecular formula is C16H26N4O6. The molecule has 4 aliphatic heterocycles. The first kappa shape index (κ1) is 17.8. The molecule has 146 valence electrons. The summed E-state index contributed by atoms with van der Waals surface area (Å²) in [5.74, 6) is 0. The van der Waals surface area contributed by atoms with E-state index in [1.54, 1.807) is 19.6 Å². The van der Waals surface area contributed by atoms with Crippen LogP contribution in [0.1, 0.15) is 27.7 Å². The number of rotatable bonds is 5. The Bertz CT molecular complexity index is 497. The quantitative estimate of drug-likeness (QED) is 0.704. The maximum atomic E-state index is 12.3. The van der Waals surface area contributed by atoms with E-state index in [4.69, 9.17) is 18.9 Å². The average Bonchev–Trinajstić information content (AvgIpc) is 3.32. The molecule has 4 rings (SSSR count). The molecule has 0 bridgehead atoms. The van der Waals surface area contributed by atoms with Gasteiger partial charge in [0.05, 0.1) is 0 Å². The van der Waals surface area contributed by atoms with E-state index in [-0.39, 0.29) is 12.1 Å². The lowest BCUT2D eigenvalue weighted by molar-refractivity contribution is -0.242. The Labute approximate surface area is 152 Å². The minimum atomic E-state index is -0.751. The zero-order chi connectivity index (χ0) is 18.6. The van der Waals surface area contributed by atoms with Gasteiger partial charge in [-0.25, -0.2) is 9.59 Å². The molecule has 0 spiro atoms. The Morgan fingerprint density at radius 2 is 0.808 bits per heavy atom. The molecule has 10 heteroatoms. The summed E-state index contributed by atoms with van der Waals surface area (Å²) in [4.78, 5) is 31.3. The monoisotopic (exact) mass is 370 g/mol. The number of hydrogen-bond donors (Lipinski definition) is 0. The lowest BCUT2D eigenvalue weighted by Gasteiger charge is -2.26. The first-order chi connectivity index (χ1) is 12.5. The van der Waals surface area contributed by atoms with Gasteiger partial charge in [-0.15, -0.1) is 0 Å². The number of carbonyl (C=O) groups excluding carboxylic acids is 2. The minimum absolute atomic E-state index is 0.0894. The van der Waals surface area contributed by atoms with Crippen LogP contribution < -0.4 is 0 Å². The van der Waals surface area contributed by atoms with Crippen LogP contribution in [-0.2, 0) is 18.9 Å². The molecule has 4 saturated heterocycles. The van der Waals surface area contributed by atoms with Crippen molar-refractivity contribution in [2.24, 2.45) is 0 Å². The van der Waals surface area contributed by atoms with E-state index in [9.17, 15) is 9.59 Å². The van der Waals surface area contributed by atoms with E-state index in [1.807, 2.05) is 27.7 Å². The predicted molar refractivity (Wildman–Crippen MR) is 87.4 cm³/mol. The number of urea groups is 2. The summed E-state index contributed by atoms with van der Waals surface area (Å²) in [7, 11) is 0. The van der Waals surface area contributed by atoms with Crippen LogP contribution in [0.25, 0.3) is 0 Å². The van der Waals surface area contributed by atoms with Crippen LogP contribution in [0.4, 0.5) is 9.59 Å². The third kappa shape index (κ3) is 2.32. The number of carbonyl (C=O) groups is 2. The summed E-state index contributed by atoms with van der Waals surface area (Å²) in [5.41, 5.74) is 0. The molecule has 0 aliphatic carbocycles. The maximum Gasteiger partial charge on any atom is 0.324 e. The highest BCUT2D eigenvalue weighted by atomic mass is 16.8. The lowest BCUT2D eigenvalue weighted by Crippen LogP contribution is -2.42. The van der Waals surface area contributed by atoms with Gasteiger partial charge >= 0.3 is 12.1 Å². The zero-order valence-electron chi connectivity index (χ0n) is 15.5. The molecule has 10 nitrogen and oxygen atoms in total. The van der Waals surface area contributed by atoms with Crippen LogP contribution in [0.2, 0.25) is 0 Å². The van der Waals surface area contributed by atoms with E-state index in [1.165, 1.54) is 0 Å². The Morgan fingerprint density at radius 3 is 1.00 bits per heavy atom. The first-order valence-electron chi connectivity index (χ1n) is 9.31. The number of ether oxygens (including phenoxy) is 4. The zero-order valence-corrected chi connectivity index (χ0v) is 15.5. The highest BCUT2D eigenvalue weighted by Crippen LogP contribution is 2.39. The number of amides is 4. The number of fused-ring (bicyclic) bond motifs is 2. The van der Waals surface area contributed by atoms with E-state index in [2.05, 4.69) is 0 Å². The van der Waals surface area contributed by atoms with Crippen molar-refractivity contribution in [2.75, 3.05) is 26.2 Å². The second-order valence-corrected chi connectivity index (χ2v) is 6.55. The standard InChI is InChI=1S/C16H26N4O6/c1-5-17-9-10(18(6-2)15(17)21)24-13(23-9)14-25-11-12(26-14)20(8-4)16(22)19(11)7-3/h9-14H,5-8H2,1-4H3/t9-,10-,11-,12+,14?/m1/s1. The Balaban J connectivity index is 1.48. The van der Waals surface area contributed by atoms with Crippen LogP contribution >= 0.6 is 0 Å². The second kappa shape index (κ2) is 6.52. The van der Waals surface area contributed by atoms with Crippen molar-refractivity contribution in [1.29, 1.82) is 0 Å². The van der Waals surface area contributed by atoms with Gasteiger partial charge in [0.2, 0.25) is 12.6 Å². The van der Waals surface area contributed by atoms with Crippen LogP contribution in [0.5, 0.6) is 0 Å². The Hall–Kier alpha value is -1.62. The van der Waals surface area contributed by atoms with E-state index in [0.717, 1.165) is 0 Å². The number of nitrogens with zero attached hydrogens (tertiary/aromatic N) is 4. The van der Waals surface area contributed by atoms with Crippen molar-refractivity contribution >= 4 is 12.1 Å². The molecule has 0 aromatic heterocycles. The van der Waals surface area contributed by atoms with Crippen molar-refractivity contribution in [3.63, 3.8) is 0 Å². The molecule has 4 amide bonds. The smallest absolute Gasteiger partial charge is 0.319 e. The highest BCUT2D eigenvalue weighted by molar-refractivity contribution is 5.78. The largest absolute Gasteiger partial charge is 0.324 e. The Morgan fingerprint density at radius 1 is 0.577 bits per heavy atom. The molecule has 5 atom stereocenters. The second-order valence-electron chi connectivity index (χ2n) is 6.55. The minimum Gasteiger partial charge on any atom is -0.319 e. The molecule has 26 heavy (non-hydrogen) atoms. The van der Waals surface area contributed by atoms with Crippen LogP contribution in [0, 0.1) is 0 Å². The number of hydrogen-bond acceptors (Lipinski definition) is 6. The maximum absolute atomic E-state index is 12.3. The Kier molecular flexibility index (Phi) is 4.46. The molecule has 4 aliphatic rings. The average molecular weight is 370 g/mol. The van der Waals surface area contributed by atoms with E-state index < -0.39 is 37.5 Å². The summed E-state index contributed by atoms with van der Waals surface area (Å²) in [5, 5.41) is 0. The molecular weight excluding hydrogens is 344 g/mol. The van der Waals surface area contributed by atoms with E-state index in [0.29, 0.717) is 26.2 Å². The highest BCUT2D eigenvalue weighted by Gasteiger charge is 2.59. The number of likely N-dealkylation sites (N-methyl/N-ethyl adjacent to an activating group) is 4. The van der Waals surface area contributed by atoms with Crippen LogP contribution in [0.15, 0.2) is 0 Å². The fourth-order valence-corrected chi connectivity index (χ4v) is 4.08. The molecule has 4 fully saturated rings. The van der Waals surface area contributed by atoms with Gasteiger partial charge in [0.25, 0.3) is 0 Å². The summed E-state index contributed by atoms with van der Waals surface area (Å²) >= 11 is 0. The first-order valence-corrected chi connectivity index (χ1v) is 9.31. The predicted octanol–water partition coefficient (Wildman–Crippen LogP) is 0.591. The SMILES string of the molecule is CCN1C(=O)N(CC)[C@@H]2OC(C3O[C@@H]4[C@H](O3)N(CC)C(=O)N4CC)O[C@H]21. The van der Waals surface area contributed by atoms with Gasteiger partial charge in [-0.2, -0.15) is 0 Å². The van der Waals surface area contributed by atoms with Gasteiger partial charge in [0, 0.05) is 26.2 Å². The summed E-state index contributed by atoms with van der Waals surface area (Å²) in [6.45, 7) is 9.75. The topological polar surface area (TPSA) is 84.0 Å². The van der Waals surface area contributed by atoms with Gasteiger partial charge in [-0.3, -0.25) is 19.6 Å². The normalized spacial score (nSPS) is 37.3. The molecule has 0 radical (unpaired) electrons. The van der Waals surface area contributed by atoms with Gasteiger partial charge in [-0.1, -0.05) is 0 Å². The third-order valence-electron chi connectivity index (χ3n) is 5.38. The fourth-order valence-electron chi connectivity index (χ4n) is 4.08.